The maximum atomic E-state index is 8.65. The van der Waals surface area contributed by atoms with Gasteiger partial charge in [-0.3, -0.25) is 0 Å². The van der Waals surface area contributed by atoms with E-state index in [1.165, 1.54) is 24.8 Å². The maximum absolute atomic E-state index is 8.65. The SMILES string of the molecule is C=C(CCCC)C(CCCC)OC(C)CC#N. The first-order valence-corrected chi connectivity index (χ1v) is 6.85. The summed E-state index contributed by atoms with van der Waals surface area (Å²) in [4.78, 5) is 0. The predicted molar refractivity (Wildman–Crippen MR) is 72.8 cm³/mol. The third kappa shape index (κ3) is 7.99. The van der Waals surface area contributed by atoms with Gasteiger partial charge in [0.15, 0.2) is 0 Å². The zero-order chi connectivity index (χ0) is 13.1. The molecule has 0 rings (SSSR count). The van der Waals surface area contributed by atoms with Crippen LogP contribution in [0.4, 0.5) is 0 Å². The van der Waals surface area contributed by atoms with E-state index in [9.17, 15) is 0 Å². The van der Waals surface area contributed by atoms with E-state index < -0.39 is 0 Å². The average molecular weight is 237 g/mol. The number of hydrogen-bond donors (Lipinski definition) is 0. The number of nitrogens with zero attached hydrogens (tertiary/aromatic N) is 1. The van der Waals surface area contributed by atoms with Crippen molar-refractivity contribution in [2.45, 2.75) is 77.9 Å². The molecule has 0 aliphatic carbocycles. The van der Waals surface area contributed by atoms with Gasteiger partial charge in [-0.1, -0.05) is 39.7 Å². The molecule has 0 heterocycles. The molecular weight excluding hydrogens is 210 g/mol. The molecule has 0 N–H and O–H groups in total. The van der Waals surface area contributed by atoms with Crippen molar-refractivity contribution in [2.24, 2.45) is 0 Å². The van der Waals surface area contributed by atoms with Crippen LogP contribution in [-0.2, 0) is 4.74 Å². The molecule has 0 aliphatic heterocycles. The van der Waals surface area contributed by atoms with Crippen molar-refractivity contribution >= 4 is 0 Å². The normalized spacial score (nSPS) is 14.0. The Morgan fingerprint density at radius 3 is 2.47 bits per heavy atom. The van der Waals surface area contributed by atoms with Crippen LogP contribution in [0.3, 0.4) is 0 Å². The van der Waals surface area contributed by atoms with Crippen LogP contribution in [0.2, 0.25) is 0 Å². The summed E-state index contributed by atoms with van der Waals surface area (Å²) in [6.07, 6.45) is 7.40. The molecule has 17 heavy (non-hydrogen) atoms. The number of nitriles is 1. The van der Waals surface area contributed by atoms with Crippen molar-refractivity contribution in [3.05, 3.63) is 12.2 Å². The van der Waals surface area contributed by atoms with Crippen LogP contribution in [-0.4, -0.2) is 12.2 Å². The smallest absolute Gasteiger partial charge is 0.0786 e. The molecule has 0 aliphatic rings. The monoisotopic (exact) mass is 237 g/mol. The second-order valence-corrected chi connectivity index (χ2v) is 4.70. The highest BCUT2D eigenvalue weighted by molar-refractivity contribution is 5.02. The van der Waals surface area contributed by atoms with Crippen molar-refractivity contribution < 1.29 is 4.74 Å². The Labute approximate surface area is 107 Å². The summed E-state index contributed by atoms with van der Waals surface area (Å²) in [5, 5.41) is 8.65. The van der Waals surface area contributed by atoms with Gasteiger partial charge in [-0.05, 0) is 31.8 Å². The number of ether oxygens (including phenoxy) is 1. The number of hydrogen-bond acceptors (Lipinski definition) is 2. The van der Waals surface area contributed by atoms with Crippen LogP contribution < -0.4 is 0 Å². The van der Waals surface area contributed by atoms with Gasteiger partial charge in [0, 0.05) is 0 Å². The molecule has 0 radical (unpaired) electrons. The van der Waals surface area contributed by atoms with Crippen LogP contribution >= 0.6 is 0 Å². The summed E-state index contributed by atoms with van der Waals surface area (Å²) < 4.78 is 5.93. The van der Waals surface area contributed by atoms with Crippen molar-refractivity contribution in [3.8, 4) is 6.07 Å². The van der Waals surface area contributed by atoms with Crippen molar-refractivity contribution in [2.75, 3.05) is 0 Å². The van der Waals surface area contributed by atoms with Gasteiger partial charge in [0.25, 0.3) is 0 Å². The van der Waals surface area contributed by atoms with E-state index in [1.54, 1.807) is 0 Å². The molecular formula is C15H27NO. The lowest BCUT2D eigenvalue weighted by Gasteiger charge is -2.23. The minimum atomic E-state index is 0.0141. The highest BCUT2D eigenvalue weighted by Crippen LogP contribution is 2.20. The third-order valence-corrected chi connectivity index (χ3v) is 2.90. The third-order valence-electron chi connectivity index (χ3n) is 2.90. The average Bonchev–Trinajstić information content (AvgIpc) is 2.31. The van der Waals surface area contributed by atoms with Crippen molar-refractivity contribution in [1.29, 1.82) is 5.26 Å². The van der Waals surface area contributed by atoms with Crippen LogP contribution in [0.5, 0.6) is 0 Å². The van der Waals surface area contributed by atoms with Crippen LogP contribution in [0.25, 0.3) is 0 Å². The fourth-order valence-corrected chi connectivity index (χ4v) is 1.78. The predicted octanol–water partition coefficient (Wildman–Crippen LogP) is 4.61. The first kappa shape index (κ1) is 16.2. The Kier molecular flexibility index (Phi) is 9.86. The lowest BCUT2D eigenvalue weighted by molar-refractivity contribution is 0.0140. The fraction of sp³-hybridized carbons (Fsp3) is 0.800. The van der Waals surface area contributed by atoms with E-state index in [0.29, 0.717) is 6.42 Å². The Morgan fingerprint density at radius 2 is 1.94 bits per heavy atom. The minimum Gasteiger partial charge on any atom is -0.370 e. The van der Waals surface area contributed by atoms with Crippen LogP contribution in [0.1, 0.15) is 65.7 Å². The first-order valence-electron chi connectivity index (χ1n) is 6.85. The highest BCUT2D eigenvalue weighted by atomic mass is 16.5. The Hall–Kier alpha value is -0.810. The van der Waals surface area contributed by atoms with E-state index in [1.807, 2.05) is 6.92 Å². The molecule has 0 aromatic carbocycles. The van der Waals surface area contributed by atoms with Gasteiger partial charge in [-0.25, -0.2) is 0 Å². The Morgan fingerprint density at radius 1 is 1.29 bits per heavy atom. The number of unbranched alkanes of at least 4 members (excludes halogenated alkanes) is 2. The van der Waals surface area contributed by atoms with E-state index in [2.05, 4.69) is 26.5 Å². The van der Waals surface area contributed by atoms with Gasteiger partial charge >= 0.3 is 0 Å². The summed E-state index contributed by atoms with van der Waals surface area (Å²) >= 11 is 0. The second-order valence-electron chi connectivity index (χ2n) is 4.70. The molecule has 0 saturated heterocycles. The molecule has 2 atom stereocenters. The fourth-order valence-electron chi connectivity index (χ4n) is 1.78. The molecule has 0 spiro atoms. The summed E-state index contributed by atoms with van der Waals surface area (Å²) in [7, 11) is 0. The summed E-state index contributed by atoms with van der Waals surface area (Å²) in [5.74, 6) is 0. The summed E-state index contributed by atoms with van der Waals surface area (Å²) in [6, 6.07) is 2.16. The Balaban J connectivity index is 4.21. The summed E-state index contributed by atoms with van der Waals surface area (Å²) in [5.41, 5.74) is 1.20. The molecule has 0 amide bonds. The standard InChI is InChI=1S/C15H27NO/c1-5-7-9-13(3)15(10-8-6-2)17-14(4)11-12-16/h14-15H,3,5-11H2,1-2,4H3. The maximum Gasteiger partial charge on any atom is 0.0786 e. The van der Waals surface area contributed by atoms with Gasteiger partial charge in [0.05, 0.1) is 24.7 Å². The van der Waals surface area contributed by atoms with Crippen LogP contribution in [0, 0.1) is 11.3 Å². The highest BCUT2D eigenvalue weighted by Gasteiger charge is 2.15. The van der Waals surface area contributed by atoms with E-state index in [0.717, 1.165) is 19.3 Å². The molecule has 0 saturated carbocycles. The zero-order valence-electron chi connectivity index (χ0n) is 11.7. The van der Waals surface area contributed by atoms with Gasteiger partial charge < -0.3 is 4.74 Å². The lowest BCUT2D eigenvalue weighted by Crippen LogP contribution is -2.21. The van der Waals surface area contributed by atoms with E-state index >= 15 is 0 Å². The molecule has 0 bridgehead atoms. The molecule has 2 nitrogen and oxygen atoms in total. The van der Waals surface area contributed by atoms with E-state index in [4.69, 9.17) is 10.00 Å². The molecule has 98 valence electrons. The first-order chi connectivity index (χ1) is 8.15. The summed E-state index contributed by atoms with van der Waals surface area (Å²) in [6.45, 7) is 10.5. The van der Waals surface area contributed by atoms with Gasteiger partial charge in [0.2, 0.25) is 0 Å². The lowest BCUT2D eigenvalue weighted by atomic mass is 10.00. The van der Waals surface area contributed by atoms with Gasteiger partial charge in [0.1, 0.15) is 0 Å². The largest absolute Gasteiger partial charge is 0.370 e. The van der Waals surface area contributed by atoms with Crippen molar-refractivity contribution in [1.82, 2.24) is 0 Å². The zero-order valence-corrected chi connectivity index (χ0v) is 11.7. The minimum absolute atomic E-state index is 0.0141. The molecule has 2 heteroatoms. The molecule has 0 fully saturated rings. The number of rotatable bonds is 10. The van der Waals surface area contributed by atoms with Crippen LogP contribution in [0.15, 0.2) is 12.2 Å². The quantitative estimate of drug-likeness (QED) is 0.520. The topological polar surface area (TPSA) is 33.0 Å². The van der Waals surface area contributed by atoms with Crippen molar-refractivity contribution in [3.63, 3.8) is 0 Å². The molecule has 0 aromatic heterocycles. The molecule has 0 aromatic rings. The molecule has 2 unspecified atom stereocenters. The van der Waals surface area contributed by atoms with E-state index in [-0.39, 0.29) is 12.2 Å². The Bertz CT molecular complexity index is 242. The second kappa shape index (κ2) is 10.4. The van der Waals surface area contributed by atoms with Gasteiger partial charge in [-0.15, -0.1) is 0 Å². The van der Waals surface area contributed by atoms with Gasteiger partial charge in [-0.2, -0.15) is 5.26 Å².